The molecule has 0 heterocycles. The summed E-state index contributed by atoms with van der Waals surface area (Å²) in [7, 11) is 4.21. The zero-order valence-corrected chi connectivity index (χ0v) is 47.4. The molecule has 0 saturated carbocycles. The van der Waals surface area contributed by atoms with E-state index in [1.54, 1.807) is 0 Å². The lowest BCUT2D eigenvalue weighted by Gasteiger charge is -2.31. The summed E-state index contributed by atoms with van der Waals surface area (Å²) in [6.45, 7) is 10.5. The van der Waals surface area contributed by atoms with E-state index in [1.807, 2.05) is 0 Å². The maximum absolute atomic E-state index is 6.91. The quantitative estimate of drug-likeness (QED) is 0.0345. The highest BCUT2D eigenvalue weighted by Crippen LogP contribution is 2.23. The third-order valence-electron chi connectivity index (χ3n) is 14.3. The Morgan fingerprint density at radius 3 is 0.569 bits per heavy atom. The predicted molar refractivity (Wildman–Crippen MR) is 295 cm³/mol. The lowest BCUT2D eigenvalue weighted by molar-refractivity contribution is -0.870. The Labute approximate surface area is 413 Å². The van der Waals surface area contributed by atoms with Crippen LogP contribution < -0.4 is 0 Å². The van der Waals surface area contributed by atoms with E-state index >= 15 is 0 Å². The standard InChI is InChI=1S/C60H126NO3Si/c1-7-10-13-16-19-22-25-28-31-34-37-40-43-46-49-52-57-62-65(60-55-56-61(4,5)6,63-58-53-50-47-44-41-38-35-32-29-26-23-20-17-14-11-8-2)64-59-54-51-48-45-42-39-36-33-30-27-24-21-18-15-12-9-3/h7-60H2,1-6H3/q+1. The molecule has 0 spiro atoms. The van der Waals surface area contributed by atoms with Crippen LogP contribution in [0.3, 0.4) is 0 Å². The Morgan fingerprint density at radius 2 is 0.400 bits per heavy atom. The van der Waals surface area contributed by atoms with Crippen molar-refractivity contribution in [2.45, 2.75) is 341 Å². The summed E-state index contributed by atoms with van der Waals surface area (Å²) in [5.41, 5.74) is 0. The van der Waals surface area contributed by atoms with E-state index in [1.165, 1.54) is 289 Å². The summed E-state index contributed by atoms with van der Waals surface area (Å²) < 4.78 is 21.7. The van der Waals surface area contributed by atoms with Gasteiger partial charge < -0.3 is 17.8 Å². The van der Waals surface area contributed by atoms with Gasteiger partial charge >= 0.3 is 8.80 Å². The van der Waals surface area contributed by atoms with Crippen molar-refractivity contribution < 1.29 is 17.8 Å². The minimum atomic E-state index is -2.73. The van der Waals surface area contributed by atoms with E-state index in [9.17, 15) is 0 Å². The molecule has 0 aliphatic heterocycles. The molecule has 0 rings (SSSR count). The Hall–Kier alpha value is 0.0569. The van der Waals surface area contributed by atoms with Gasteiger partial charge in [-0.3, -0.25) is 0 Å². The molecule has 4 nitrogen and oxygen atoms in total. The molecule has 65 heavy (non-hydrogen) atoms. The highest BCUT2D eigenvalue weighted by molar-refractivity contribution is 6.60. The van der Waals surface area contributed by atoms with Crippen LogP contribution >= 0.6 is 0 Å². The van der Waals surface area contributed by atoms with E-state index in [2.05, 4.69) is 41.9 Å². The van der Waals surface area contributed by atoms with Crippen LogP contribution in [0.5, 0.6) is 0 Å². The van der Waals surface area contributed by atoms with Crippen LogP contribution in [-0.4, -0.2) is 60.8 Å². The molecule has 0 aliphatic rings. The number of unbranched alkanes of at least 4 members (excludes halogenated alkanes) is 45. The largest absolute Gasteiger partial charge is 0.501 e. The fourth-order valence-corrected chi connectivity index (χ4v) is 12.4. The third kappa shape index (κ3) is 53.3. The summed E-state index contributed by atoms with van der Waals surface area (Å²) in [5.74, 6) is 0. The number of hydrogen-bond acceptors (Lipinski definition) is 3. The summed E-state index contributed by atoms with van der Waals surface area (Å²) in [6, 6.07) is 0.971. The van der Waals surface area contributed by atoms with Crippen molar-refractivity contribution >= 4 is 8.80 Å². The summed E-state index contributed by atoms with van der Waals surface area (Å²) >= 11 is 0. The molecule has 0 bridgehead atoms. The normalized spacial score (nSPS) is 12.3. The first-order chi connectivity index (χ1) is 31.9. The molecule has 0 saturated heterocycles. The van der Waals surface area contributed by atoms with Gasteiger partial charge in [-0.1, -0.05) is 310 Å². The second kappa shape index (κ2) is 53.4. The zero-order valence-electron chi connectivity index (χ0n) is 46.4. The molecule has 0 aromatic carbocycles. The van der Waals surface area contributed by atoms with Crippen LogP contribution in [0.4, 0.5) is 0 Å². The van der Waals surface area contributed by atoms with Crippen molar-refractivity contribution in [3.63, 3.8) is 0 Å². The first-order valence-electron chi connectivity index (χ1n) is 30.6. The zero-order chi connectivity index (χ0) is 47.3. The maximum atomic E-state index is 6.91. The molecule has 0 fully saturated rings. The van der Waals surface area contributed by atoms with Crippen molar-refractivity contribution in [3.05, 3.63) is 0 Å². The minimum Gasteiger partial charge on any atom is -0.373 e. The second-order valence-corrected chi connectivity index (χ2v) is 25.0. The second-order valence-electron chi connectivity index (χ2n) is 22.3. The molecule has 392 valence electrons. The lowest BCUT2D eigenvalue weighted by Crippen LogP contribution is -2.47. The fraction of sp³-hybridized carbons (Fsp3) is 1.00. The molecule has 0 amide bonds. The molecular weight excluding hydrogens is 811 g/mol. The SMILES string of the molecule is CCCCCCCCCCCCCCCCCCO[Si](CCC[N+](C)(C)C)(OCCCCCCCCCCCCCCCCCC)OCCCCCCCCCCCCCCCCCC. The molecule has 0 aliphatic carbocycles. The van der Waals surface area contributed by atoms with E-state index in [4.69, 9.17) is 13.3 Å². The van der Waals surface area contributed by atoms with Gasteiger partial charge in [0.25, 0.3) is 0 Å². The van der Waals surface area contributed by atoms with E-state index in [0.717, 1.165) is 62.6 Å². The molecule has 0 aromatic rings. The van der Waals surface area contributed by atoms with Gasteiger partial charge in [-0.2, -0.15) is 0 Å². The van der Waals surface area contributed by atoms with Crippen molar-refractivity contribution in [2.24, 2.45) is 0 Å². The van der Waals surface area contributed by atoms with Crippen molar-refractivity contribution in [2.75, 3.05) is 47.5 Å². The minimum absolute atomic E-state index is 0.812. The predicted octanol–water partition coefficient (Wildman–Crippen LogP) is 20.9. The summed E-state index contributed by atoms with van der Waals surface area (Å²) in [4.78, 5) is 0. The molecule has 0 radical (unpaired) electrons. The van der Waals surface area contributed by atoms with Crippen molar-refractivity contribution in [1.29, 1.82) is 0 Å². The van der Waals surface area contributed by atoms with Crippen LogP contribution in [0.25, 0.3) is 0 Å². The summed E-state index contributed by atoms with van der Waals surface area (Å²) in [6.07, 6.45) is 68.3. The van der Waals surface area contributed by atoms with Gasteiger partial charge in [0.1, 0.15) is 0 Å². The Morgan fingerprint density at radius 1 is 0.231 bits per heavy atom. The van der Waals surface area contributed by atoms with Gasteiger partial charge in [-0.05, 0) is 19.3 Å². The van der Waals surface area contributed by atoms with Gasteiger partial charge in [0, 0.05) is 32.3 Å². The average molecular weight is 938 g/mol. The molecular formula is C60H126NO3Si+. The monoisotopic (exact) mass is 937 g/mol. The Balaban J connectivity index is 4.65. The number of nitrogens with zero attached hydrogens (tertiary/aromatic N) is 1. The van der Waals surface area contributed by atoms with Crippen LogP contribution in [0.1, 0.15) is 335 Å². The van der Waals surface area contributed by atoms with Crippen LogP contribution in [0.15, 0.2) is 0 Å². The van der Waals surface area contributed by atoms with Crippen molar-refractivity contribution in [1.82, 2.24) is 0 Å². The van der Waals surface area contributed by atoms with Gasteiger partial charge in [0.05, 0.1) is 27.7 Å². The molecule has 0 aromatic heterocycles. The highest BCUT2D eigenvalue weighted by Gasteiger charge is 2.41. The van der Waals surface area contributed by atoms with Crippen molar-refractivity contribution in [3.8, 4) is 0 Å². The van der Waals surface area contributed by atoms with Crippen LogP contribution in [0.2, 0.25) is 6.04 Å². The molecule has 5 heteroatoms. The maximum Gasteiger partial charge on any atom is 0.501 e. The first-order valence-corrected chi connectivity index (χ1v) is 32.5. The van der Waals surface area contributed by atoms with Gasteiger partial charge in [0.2, 0.25) is 0 Å². The van der Waals surface area contributed by atoms with E-state index in [-0.39, 0.29) is 0 Å². The fourth-order valence-electron chi connectivity index (χ4n) is 9.74. The summed E-state index contributed by atoms with van der Waals surface area (Å²) in [5, 5.41) is 0. The Kier molecular flexibility index (Phi) is 53.5. The molecule has 0 N–H and O–H groups in total. The number of quaternary nitrogens is 1. The number of hydrogen-bond donors (Lipinski definition) is 0. The van der Waals surface area contributed by atoms with Gasteiger partial charge in [0.15, 0.2) is 0 Å². The first kappa shape index (κ1) is 65.1. The average Bonchev–Trinajstić information content (AvgIpc) is 3.29. The topological polar surface area (TPSA) is 27.7 Å². The molecule has 0 atom stereocenters. The van der Waals surface area contributed by atoms with Gasteiger partial charge in [-0.15, -0.1) is 0 Å². The van der Waals surface area contributed by atoms with Crippen LogP contribution in [0, 0.1) is 0 Å². The van der Waals surface area contributed by atoms with Crippen LogP contribution in [-0.2, 0) is 13.3 Å². The van der Waals surface area contributed by atoms with E-state index in [0.29, 0.717) is 0 Å². The van der Waals surface area contributed by atoms with Gasteiger partial charge in [-0.25, -0.2) is 0 Å². The number of rotatable bonds is 58. The Bertz CT molecular complexity index is 771. The molecule has 0 unspecified atom stereocenters. The highest BCUT2D eigenvalue weighted by atomic mass is 28.4. The third-order valence-corrected chi connectivity index (χ3v) is 17.2. The lowest BCUT2D eigenvalue weighted by atomic mass is 10.0. The smallest absolute Gasteiger partial charge is 0.373 e. The van der Waals surface area contributed by atoms with E-state index < -0.39 is 8.80 Å².